The molecule has 1 amide bonds. The van der Waals surface area contributed by atoms with Crippen molar-refractivity contribution in [2.75, 3.05) is 13.7 Å². The molecule has 0 aliphatic heterocycles. The third-order valence-electron chi connectivity index (χ3n) is 2.99. The Hall–Kier alpha value is -1.62. The van der Waals surface area contributed by atoms with E-state index in [1.807, 2.05) is 13.8 Å². The summed E-state index contributed by atoms with van der Waals surface area (Å²) in [4.78, 5) is 11.7. The topological polar surface area (TPSA) is 64.3 Å². The molecule has 0 unspecified atom stereocenters. The second kappa shape index (κ2) is 7.85. The number of carbonyl (C=O) groups is 1. The van der Waals surface area contributed by atoms with Gasteiger partial charge in [-0.2, -0.15) is 0 Å². The summed E-state index contributed by atoms with van der Waals surface area (Å²) in [7, 11) is 1.43. The van der Waals surface area contributed by atoms with E-state index in [2.05, 4.69) is 5.32 Å². The summed E-state index contributed by atoms with van der Waals surface area (Å²) in [5.74, 6) is 0.0451. The standard InChI is InChI=1S/C15H23FN2O2/c1-10(2)8-13(17)15(19)18-7-6-11-4-5-14(20-3)12(16)9-11/h4-5,9-10,13H,6-8,17H2,1-3H3,(H,18,19)/t13-/m0/s1. The van der Waals surface area contributed by atoms with Crippen molar-refractivity contribution < 1.29 is 13.9 Å². The molecular weight excluding hydrogens is 259 g/mol. The van der Waals surface area contributed by atoms with Crippen LogP contribution in [0.15, 0.2) is 18.2 Å². The van der Waals surface area contributed by atoms with Crippen molar-refractivity contribution in [3.8, 4) is 5.75 Å². The summed E-state index contributed by atoms with van der Waals surface area (Å²) in [6.45, 7) is 4.48. The molecule has 0 heterocycles. The molecule has 0 spiro atoms. The van der Waals surface area contributed by atoms with Crippen LogP contribution < -0.4 is 15.8 Å². The summed E-state index contributed by atoms with van der Waals surface area (Å²) in [6.07, 6.45) is 1.21. The molecule has 1 aromatic rings. The van der Waals surface area contributed by atoms with Crippen LogP contribution in [0.25, 0.3) is 0 Å². The largest absolute Gasteiger partial charge is 0.494 e. The van der Waals surface area contributed by atoms with Gasteiger partial charge in [-0.25, -0.2) is 4.39 Å². The van der Waals surface area contributed by atoms with Crippen molar-refractivity contribution in [3.05, 3.63) is 29.6 Å². The molecule has 3 N–H and O–H groups in total. The van der Waals surface area contributed by atoms with Crippen molar-refractivity contribution in [2.45, 2.75) is 32.7 Å². The molecule has 1 atom stereocenters. The Morgan fingerprint density at radius 2 is 2.15 bits per heavy atom. The lowest BCUT2D eigenvalue weighted by molar-refractivity contribution is -0.122. The maximum atomic E-state index is 13.5. The van der Waals surface area contributed by atoms with Crippen LogP contribution in [-0.4, -0.2) is 25.6 Å². The first-order chi connectivity index (χ1) is 9.43. The van der Waals surface area contributed by atoms with Crippen LogP contribution >= 0.6 is 0 Å². The van der Waals surface area contributed by atoms with Crippen LogP contribution in [0, 0.1) is 11.7 Å². The van der Waals surface area contributed by atoms with Gasteiger partial charge < -0.3 is 15.8 Å². The lowest BCUT2D eigenvalue weighted by Crippen LogP contribution is -2.42. The average molecular weight is 282 g/mol. The van der Waals surface area contributed by atoms with Gasteiger partial charge in [0.05, 0.1) is 13.2 Å². The van der Waals surface area contributed by atoms with Gasteiger partial charge >= 0.3 is 0 Å². The zero-order valence-corrected chi connectivity index (χ0v) is 12.3. The SMILES string of the molecule is COc1ccc(CCNC(=O)[C@@H](N)CC(C)C)cc1F. The van der Waals surface area contributed by atoms with E-state index in [9.17, 15) is 9.18 Å². The molecule has 0 saturated heterocycles. The van der Waals surface area contributed by atoms with E-state index in [-0.39, 0.29) is 11.7 Å². The van der Waals surface area contributed by atoms with Gasteiger partial charge in [0.2, 0.25) is 5.91 Å². The fraction of sp³-hybridized carbons (Fsp3) is 0.533. The zero-order chi connectivity index (χ0) is 15.1. The smallest absolute Gasteiger partial charge is 0.236 e. The zero-order valence-electron chi connectivity index (χ0n) is 12.3. The minimum atomic E-state index is -0.484. The lowest BCUT2D eigenvalue weighted by atomic mass is 10.0. The Morgan fingerprint density at radius 1 is 1.45 bits per heavy atom. The van der Waals surface area contributed by atoms with Crippen LogP contribution in [0.2, 0.25) is 0 Å². The molecule has 112 valence electrons. The van der Waals surface area contributed by atoms with E-state index in [0.717, 1.165) is 5.56 Å². The molecule has 0 bridgehead atoms. The molecule has 1 rings (SSSR count). The molecule has 1 aromatic carbocycles. The molecule has 0 aromatic heterocycles. The number of ether oxygens (including phenoxy) is 1. The quantitative estimate of drug-likeness (QED) is 0.802. The van der Waals surface area contributed by atoms with Crippen LogP contribution in [0.1, 0.15) is 25.8 Å². The first-order valence-electron chi connectivity index (χ1n) is 6.79. The molecule has 0 radical (unpaired) electrons. The highest BCUT2D eigenvalue weighted by Crippen LogP contribution is 2.17. The van der Waals surface area contributed by atoms with Crippen molar-refractivity contribution in [1.29, 1.82) is 0 Å². The Balaban J connectivity index is 2.40. The Bertz CT molecular complexity index is 449. The third-order valence-corrected chi connectivity index (χ3v) is 2.99. The minimum absolute atomic E-state index is 0.160. The Kier molecular flexibility index (Phi) is 6.45. The number of hydrogen-bond acceptors (Lipinski definition) is 3. The maximum absolute atomic E-state index is 13.5. The van der Waals surface area contributed by atoms with Crippen molar-refractivity contribution in [2.24, 2.45) is 11.7 Å². The summed E-state index contributed by atoms with van der Waals surface area (Å²) in [6, 6.07) is 4.29. The number of rotatable bonds is 7. The van der Waals surface area contributed by atoms with Crippen LogP contribution in [0.5, 0.6) is 5.75 Å². The summed E-state index contributed by atoms with van der Waals surface area (Å²) >= 11 is 0. The minimum Gasteiger partial charge on any atom is -0.494 e. The number of amides is 1. The van der Waals surface area contributed by atoms with Crippen molar-refractivity contribution >= 4 is 5.91 Å². The van der Waals surface area contributed by atoms with E-state index in [0.29, 0.717) is 25.3 Å². The molecule has 20 heavy (non-hydrogen) atoms. The third kappa shape index (κ3) is 5.17. The molecule has 0 fully saturated rings. The van der Waals surface area contributed by atoms with Gasteiger partial charge in [0.15, 0.2) is 11.6 Å². The summed E-state index contributed by atoms with van der Waals surface area (Å²) in [5.41, 5.74) is 6.58. The van der Waals surface area contributed by atoms with Gasteiger partial charge in [0.1, 0.15) is 0 Å². The fourth-order valence-corrected chi connectivity index (χ4v) is 1.94. The molecule has 4 nitrogen and oxygen atoms in total. The highest BCUT2D eigenvalue weighted by Gasteiger charge is 2.14. The second-order valence-electron chi connectivity index (χ2n) is 5.25. The van der Waals surface area contributed by atoms with E-state index in [1.54, 1.807) is 12.1 Å². The van der Waals surface area contributed by atoms with Gasteiger partial charge in [0, 0.05) is 6.54 Å². The first-order valence-corrected chi connectivity index (χ1v) is 6.79. The van der Waals surface area contributed by atoms with Gasteiger partial charge in [-0.15, -0.1) is 0 Å². The predicted octanol–water partition coefficient (Wildman–Crippen LogP) is 1.87. The fourth-order valence-electron chi connectivity index (χ4n) is 1.94. The van der Waals surface area contributed by atoms with Crippen LogP contribution in [0.4, 0.5) is 4.39 Å². The number of nitrogens with one attached hydrogen (secondary N) is 1. The lowest BCUT2D eigenvalue weighted by Gasteiger charge is -2.14. The average Bonchev–Trinajstić information content (AvgIpc) is 2.38. The van der Waals surface area contributed by atoms with Crippen molar-refractivity contribution in [1.82, 2.24) is 5.32 Å². The monoisotopic (exact) mass is 282 g/mol. The predicted molar refractivity (Wildman–Crippen MR) is 77.1 cm³/mol. The molecule has 0 aliphatic carbocycles. The normalized spacial score (nSPS) is 12.3. The first kappa shape index (κ1) is 16.4. The molecule has 0 aliphatic rings. The van der Waals surface area contributed by atoms with Crippen LogP contribution in [0.3, 0.4) is 0 Å². The van der Waals surface area contributed by atoms with Gasteiger partial charge in [-0.1, -0.05) is 19.9 Å². The Labute approximate surface area is 119 Å². The summed E-state index contributed by atoms with van der Waals surface area (Å²) < 4.78 is 18.3. The number of halogens is 1. The van der Waals surface area contributed by atoms with Gasteiger partial charge in [-0.05, 0) is 36.5 Å². The number of carbonyl (C=O) groups excluding carboxylic acids is 1. The van der Waals surface area contributed by atoms with E-state index in [1.165, 1.54) is 13.2 Å². The van der Waals surface area contributed by atoms with Crippen molar-refractivity contribution in [3.63, 3.8) is 0 Å². The van der Waals surface area contributed by atoms with Gasteiger partial charge in [0.25, 0.3) is 0 Å². The van der Waals surface area contributed by atoms with E-state index >= 15 is 0 Å². The highest BCUT2D eigenvalue weighted by atomic mass is 19.1. The summed E-state index contributed by atoms with van der Waals surface area (Å²) in [5, 5.41) is 2.77. The molecule has 5 heteroatoms. The second-order valence-corrected chi connectivity index (χ2v) is 5.25. The maximum Gasteiger partial charge on any atom is 0.236 e. The number of benzene rings is 1. The van der Waals surface area contributed by atoms with E-state index in [4.69, 9.17) is 10.5 Å². The number of methoxy groups -OCH3 is 1. The van der Waals surface area contributed by atoms with E-state index < -0.39 is 11.9 Å². The number of hydrogen-bond donors (Lipinski definition) is 2. The molecule has 0 saturated carbocycles. The van der Waals surface area contributed by atoms with Crippen LogP contribution in [-0.2, 0) is 11.2 Å². The van der Waals surface area contributed by atoms with Gasteiger partial charge in [-0.3, -0.25) is 4.79 Å². The Morgan fingerprint density at radius 3 is 2.70 bits per heavy atom. The number of nitrogens with two attached hydrogens (primary N) is 1. The molecular formula is C15H23FN2O2. The highest BCUT2D eigenvalue weighted by molar-refractivity contribution is 5.81.